The van der Waals surface area contributed by atoms with E-state index < -0.39 is 22.0 Å². The molecule has 1 heterocycles. The molecule has 2 N–H and O–H groups in total. The lowest BCUT2D eigenvalue weighted by atomic mass is 10.2. The molecule has 1 atom stereocenters. The van der Waals surface area contributed by atoms with Gasteiger partial charge < -0.3 is 15.2 Å². The summed E-state index contributed by atoms with van der Waals surface area (Å²) in [6.07, 6.45) is 0.610. The number of carbonyl (C=O) groups is 2. The Morgan fingerprint density at radius 1 is 1.42 bits per heavy atom. The van der Waals surface area contributed by atoms with Gasteiger partial charge in [0.05, 0.1) is 6.61 Å². The molecule has 0 aromatic heterocycles. The summed E-state index contributed by atoms with van der Waals surface area (Å²) in [5, 5.41) is 11.7. The fourth-order valence-electron chi connectivity index (χ4n) is 2.50. The number of aliphatic carboxylic acids is 1. The number of rotatable bonds is 7. The molecule has 1 aromatic rings. The summed E-state index contributed by atoms with van der Waals surface area (Å²) in [6.45, 7) is 2.85. The first-order valence-electron chi connectivity index (χ1n) is 7.49. The van der Waals surface area contributed by atoms with Crippen LogP contribution >= 0.6 is 0 Å². The monoisotopic (exact) mass is 356 g/mol. The van der Waals surface area contributed by atoms with E-state index in [0.29, 0.717) is 13.0 Å². The molecule has 9 heteroatoms. The van der Waals surface area contributed by atoms with Crippen molar-refractivity contribution in [3.05, 3.63) is 23.8 Å². The topological polar surface area (TPSA) is 113 Å². The van der Waals surface area contributed by atoms with E-state index in [9.17, 15) is 23.1 Å². The Labute approximate surface area is 140 Å². The second kappa shape index (κ2) is 7.18. The highest BCUT2D eigenvalue weighted by atomic mass is 32.2. The van der Waals surface area contributed by atoms with E-state index in [-0.39, 0.29) is 29.6 Å². The second-order valence-corrected chi connectivity index (χ2v) is 7.31. The van der Waals surface area contributed by atoms with Gasteiger partial charge in [0.25, 0.3) is 0 Å². The van der Waals surface area contributed by atoms with Crippen molar-refractivity contribution in [3.8, 4) is 5.75 Å². The van der Waals surface area contributed by atoms with Crippen LogP contribution in [-0.4, -0.2) is 55.4 Å². The molecule has 132 valence electrons. The quantitative estimate of drug-likeness (QED) is 0.723. The van der Waals surface area contributed by atoms with Crippen LogP contribution in [0.4, 0.5) is 0 Å². The first-order chi connectivity index (χ1) is 11.2. The summed E-state index contributed by atoms with van der Waals surface area (Å²) in [5.41, 5.74) is 0.779. The fourth-order valence-corrected chi connectivity index (χ4v) is 4.27. The fraction of sp³-hybridized carbons (Fsp3) is 0.467. The molecule has 24 heavy (non-hydrogen) atoms. The van der Waals surface area contributed by atoms with Crippen molar-refractivity contribution in [2.75, 3.05) is 19.7 Å². The van der Waals surface area contributed by atoms with Crippen LogP contribution in [0.15, 0.2) is 23.1 Å². The van der Waals surface area contributed by atoms with Crippen LogP contribution in [0.2, 0.25) is 0 Å². The van der Waals surface area contributed by atoms with Gasteiger partial charge in [-0.1, -0.05) is 12.1 Å². The number of hydrogen-bond acceptors (Lipinski definition) is 5. The van der Waals surface area contributed by atoms with Gasteiger partial charge in [0.1, 0.15) is 16.7 Å². The summed E-state index contributed by atoms with van der Waals surface area (Å²) in [7, 11) is -4.09. The lowest BCUT2D eigenvalue weighted by molar-refractivity contribution is -0.140. The summed E-state index contributed by atoms with van der Waals surface area (Å²) < 4.78 is 32.3. The molecule has 8 nitrogen and oxygen atoms in total. The number of para-hydroxylation sites is 1. The first-order valence-corrected chi connectivity index (χ1v) is 8.93. The molecule has 1 aliphatic rings. The maximum Gasteiger partial charge on any atom is 0.321 e. The van der Waals surface area contributed by atoms with Crippen molar-refractivity contribution >= 4 is 21.9 Å². The van der Waals surface area contributed by atoms with Crippen molar-refractivity contribution in [1.82, 2.24) is 9.62 Å². The molecule has 0 fully saturated rings. The first kappa shape index (κ1) is 18.2. The van der Waals surface area contributed by atoms with Gasteiger partial charge in [-0.15, -0.1) is 0 Å². The van der Waals surface area contributed by atoms with Crippen LogP contribution in [0.25, 0.3) is 0 Å². The van der Waals surface area contributed by atoms with Crippen LogP contribution in [0.5, 0.6) is 5.75 Å². The van der Waals surface area contributed by atoms with Crippen LogP contribution in [-0.2, 0) is 26.0 Å². The highest BCUT2D eigenvalue weighted by Gasteiger charge is 2.36. The van der Waals surface area contributed by atoms with E-state index in [2.05, 4.69) is 5.32 Å². The molecule has 0 spiro atoms. The number of carbonyl (C=O) groups excluding carboxylic acids is 1. The van der Waals surface area contributed by atoms with Gasteiger partial charge in [-0.25, -0.2) is 8.42 Å². The Morgan fingerprint density at radius 3 is 2.75 bits per heavy atom. The van der Waals surface area contributed by atoms with Crippen molar-refractivity contribution in [1.29, 1.82) is 0 Å². The van der Waals surface area contributed by atoms with Gasteiger partial charge in [-0.05, 0) is 18.6 Å². The van der Waals surface area contributed by atoms with Gasteiger partial charge in [0, 0.05) is 26.4 Å². The summed E-state index contributed by atoms with van der Waals surface area (Å²) in [4.78, 5) is 22.3. The number of nitrogens with zero attached hydrogens (tertiary/aromatic N) is 1. The van der Waals surface area contributed by atoms with Gasteiger partial charge >= 0.3 is 5.97 Å². The number of fused-ring (bicyclic) bond motifs is 1. The van der Waals surface area contributed by atoms with Crippen LogP contribution in [0.3, 0.4) is 0 Å². The molecule has 1 unspecified atom stereocenters. The molecule has 1 aromatic carbocycles. The minimum atomic E-state index is -4.09. The Kier molecular flexibility index (Phi) is 5.45. The third-order valence-electron chi connectivity index (χ3n) is 3.76. The number of carboxylic acids is 1. The van der Waals surface area contributed by atoms with E-state index in [1.54, 1.807) is 12.1 Å². The molecule has 0 saturated carbocycles. The van der Waals surface area contributed by atoms with Gasteiger partial charge in [0.2, 0.25) is 15.9 Å². The van der Waals surface area contributed by atoms with Gasteiger partial charge in [-0.2, -0.15) is 4.31 Å². The largest absolute Gasteiger partial charge is 0.492 e. The van der Waals surface area contributed by atoms with E-state index in [4.69, 9.17) is 4.74 Å². The molecule has 0 saturated heterocycles. The van der Waals surface area contributed by atoms with Crippen LogP contribution in [0, 0.1) is 0 Å². The molecule has 0 bridgehead atoms. The number of hydrogen-bond donors (Lipinski definition) is 2. The Bertz CT molecular complexity index is 746. The van der Waals surface area contributed by atoms with Crippen molar-refractivity contribution in [2.45, 2.75) is 31.2 Å². The molecule has 0 aliphatic carbocycles. The maximum atomic E-state index is 13.0. The normalized spacial score (nSPS) is 14.8. The van der Waals surface area contributed by atoms with Crippen molar-refractivity contribution in [2.24, 2.45) is 0 Å². The minimum absolute atomic E-state index is 0.0159. The number of amides is 1. The lowest BCUT2D eigenvalue weighted by Crippen LogP contribution is -2.46. The van der Waals surface area contributed by atoms with Gasteiger partial charge in [0.15, 0.2) is 0 Å². The maximum absolute atomic E-state index is 13.0. The van der Waals surface area contributed by atoms with E-state index >= 15 is 0 Å². The SMILES string of the molecule is CC(=O)NCCN(C(C)C(=O)O)S(=O)(=O)c1cccc2c1OCC2. The summed E-state index contributed by atoms with van der Waals surface area (Å²) in [5.74, 6) is -1.31. The van der Waals surface area contributed by atoms with Crippen molar-refractivity contribution < 1.29 is 27.9 Å². The zero-order valence-electron chi connectivity index (χ0n) is 13.5. The third kappa shape index (κ3) is 3.68. The number of ether oxygens (including phenoxy) is 1. The molecule has 1 aliphatic heterocycles. The van der Waals surface area contributed by atoms with E-state index in [0.717, 1.165) is 9.87 Å². The van der Waals surface area contributed by atoms with Gasteiger partial charge in [-0.3, -0.25) is 9.59 Å². The third-order valence-corrected chi connectivity index (χ3v) is 5.75. The predicted octanol–water partition coefficient (Wildman–Crippen LogP) is 0.221. The minimum Gasteiger partial charge on any atom is -0.492 e. The highest BCUT2D eigenvalue weighted by Crippen LogP contribution is 2.34. The number of benzene rings is 1. The number of carboxylic acid groups (broad SMARTS) is 1. The smallest absolute Gasteiger partial charge is 0.321 e. The molecular weight excluding hydrogens is 336 g/mol. The standard InChI is InChI=1S/C15H20N2O6S/c1-10(15(19)20)17(8-7-16-11(2)18)24(21,22)13-5-3-4-12-6-9-23-14(12)13/h3-5,10H,6-9H2,1-2H3,(H,16,18)(H,19,20). The van der Waals surface area contributed by atoms with Crippen LogP contribution in [0.1, 0.15) is 19.4 Å². The van der Waals surface area contributed by atoms with E-state index in [1.165, 1.54) is 19.9 Å². The molecule has 0 radical (unpaired) electrons. The lowest BCUT2D eigenvalue weighted by Gasteiger charge is -2.26. The second-order valence-electron chi connectivity index (χ2n) is 5.46. The molecule has 1 amide bonds. The number of sulfonamides is 1. The predicted molar refractivity (Wildman–Crippen MR) is 85.3 cm³/mol. The molecule has 2 rings (SSSR count). The highest BCUT2D eigenvalue weighted by molar-refractivity contribution is 7.89. The Morgan fingerprint density at radius 2 is 2.12 bits per heavy atom. The summed E-state index contributed by atoms with van der Waals surface area (Å²) >= 11 is 0. The van der Waals surface area contributed by atoms with Crippen LogP contribution < -0.4 is 10.1 Å². The molecular formula is C15H20N2O6S. The Balaban J connectivity index is 2.38. The zero-order valence-corrected chi connectivity index (χ0v) is 14.3. The Hall–Kier alpha value is -2.13. The average molecular weight is 356 g/mol. The summed E-state index contributed by atoms with van der Waals surface area (Å²) in [6, 6.07) is 3.52. The zero-order chi connectivity index (χ0) is 17.9. The number of nitrogens with one attached hydrogen (secondary N) is 1. The van der Waals surface area contributed by atoms with Crippen molar-refractivity contribution in [3.63, 3.8) is 0 Å². The van der Waals surface area contributed by atoms with E-state index in [1.807, 2.05) is 0 Å². The average Bonchev–Trinajstić information content (AvgIpc) is 2.98.